The molecule has 2 unspecified atom stereocenters. The molecule has 2 aliphatic rings. The first kappa shape index (κ1) is 13.3. The summed E-state index contributed by atoms with van der Waals surface area (Å²) in [6.07, 6.45) is 6.27. The van der Waals surface area contributed by atoms with E-state index in [2.05, 4.69) is 26.1 Å². The van der Waals surface area contributed by atoms with Gasteiger partial charge in [-0.1, -0.05) is 0 Å². The zero-order chi connectivity index (χ0) is 14.4. The minimum Gasteiger partial charge on any atom is -0.348 e. The van der Waals surface area contributed by atoms with Gasteiger partial charge in [0.05, 0.1) is 11.1 Å². The number of piperidine rings is 1. The van der Waals surface area contributed by atoms with Crippen molar-refractivity contribution >= 4 is 27.4 Å². The number of carbonyl (C=O) groups is 1. The Bertz CT molecular complexity index is 684. The van der Waals surface area contributed by atoms with Crippen molar-refractivity contribution in [1.29, 1.82) is 0 Å². The van der Waals surface area contributed by atoms with Crippen LogP contribution in [0.1, 0.15) is 23.2 Å². The third-order valence-electron chi connectivity index (χ3n) is 4.67. The molecule has 3 atom stereocenters. The molecule has 110 valence electrons. The van der Waals surface area contributed by atoms with Crippen LogP contribution in [0.25, 0.3) is 5.52 Å². The number of amides is 1. The van der Waals surface area contributed by atoms with E-state index in [4.69, 9.17) is 0 Å². The van der Waals surface area contributed by atoms with Gasteiger partial charge in [-0.15, -0.1) is 0 Å². The Labute approximate surface area is 132 Å². The molecule has 0 aliphatic carbocycles. The maximum atomic E-state index is 12.4. The van der Waals surface area contributed by atoms with E-state index in [9.17, 15) is 4.79 Å². The van der Waals surface area contributed by atoms with Crippen LogP contribution >= 0.6 is 15.9 Å². The summed E-state index contributed by atoms with van der Waals surface area (Å²) in [6.45, 7) is 3.41. The summed E-state index contributed by atoms with van der Waals surface area (Å²) in [7, 11) is 0. The normalized spacial score (nSPS) is 28.0. The molecule has 0 radical (unpaired) electrons. The number of hydrogen-bond donors (Lipinski definition) is 1. The van der Waals surface area contributed by atoms with E-state index in [1.54, 1.807) is 0 Å². The van der Waals surface area contributed by atoms with Crippen molar-refractivity contribution in [2.75, 3.05) is 19.6 Å². The van der Waals surface area contributed by atoms with Crippen LogP contribution in [0.5, 0.6) is 0 Å². The van der Waals surface area contributed by atoms with E-state index in [1.165, 1.54) is 19.5 Å². The SMILES string of the molecule is O=C(N[C@@H]1CC2CCN(C2)C1)c1ccc2c(Br)ccn2c1. The Kier molecular flexibility index (Phi) is 3.27. The molecule has 2 bridgehead atoms. The summed E-state index contributed by atoms with van der Waals surface area (Å²) in [5.74, 6) is 0.807. The van der Waals surface area contributed by atoms with Gasteiger partial charge in [0.1, 0.15) is 0 Å². The first-order chi connectivity index (χ1) is 10.2. The number of nitrogens with one attached hydrogen (secondary N) is 1. The number of nitrogens with zero attached hydrogens (tertiary/aromatic N) is 2. The highest BCUT2D eigenvalue weighted by Crippen LogP contribution is 2.27. The molecule has 2 aromatic rings. The van der Waals surface area contributed by atoms with Gasteiger partial charge in [0.25, 0.3) is 5.91 Å². The highest BCUT2D eigenvalue weighted by Gasteiger charge is 2.32. The Morgan fingerprint density at radius 1 is 1.29 bits per heavy atom. The zero-order valence-corrected chi connectivity index (χ0v) is 13.3. The van der Waals surface area contributed by atoms with E-state index in [1.807, 2.05) is 35.0 Å². The average Bonchev–Trinajstić information content (AvgIpc) is 3.02. The lowest BCUT2D eigenvalue weighted by Gasteiger charge is -2.30. The largest absolute Gasteiger partial charge is 0.348 e. The fraction of sp³-hybridized carbons (Fsp3) is 0.438. The molecule has 2 saturated heterocycles. The van der Waals surface area contributed by atoms with Gasteiger partial charge < -0.3 is 14.6 Å². The van der Waals surface area contributed by atoms with Crippen LogP contribution in [0.3, 0.4) is 0 Å². The van der Waals surface area contributed by atoms with Crippen molar-refractivity contribution in [3.63, 3.8) is 0 Å². The van der Waals surface area contributed by atoms with Gasteiger partial charge in [0.15, 0.2) is 0 Å². The topological polar surface area (TPSA) is 36.8 Å². The second kappa shape index (κ2) is 5.14. The maximum Gasteiger partial charge on any atom is 0.253 e. The van der Waals surface area contributed by atoms with Gasteiger partial charge in [-0.05, 0) is 59.4 Å². The van der Waals surface area contributed by atoms with Crippen LogP contribution in [0.2, 0.25) is 0 Å². The quantitative estimate of drug-likeness (QED) is 0.906. The van der Waals surface area contributed by atoms with Gasteiger partial charge in [-0.25, -0.2) is 0 Å². The molecule has 2 fully saturated rings. The number of hydrogen-bond acceptors (Lipinski definition) is 2. The van der Waals surface area contributed by atoms with Crippen LogP contribution in [-0.4, -0.2) is 40.9 Å². The molecule has 5 heteroatoms. The molecule has 4 rings (SSSR count). The molecule has 0 saturated carbocycles. The molecule has 4 nitrogen and oxygen atoms in total. The molecule has 4 heterocycles. The lowest BCUT2D eigenvalue weighted by atomic mass is 9.96. The molecule has 0 spiro atoms. The van der Waals surface area contributed by atoms with Crippen molar-refractivity contribution in [2.24, 2.45) is 5.92 Å². The van der Waals surface area contributed by atoms with Crippen molar-refractivity contribution in [3.05, 3.63) is 40.6 Å². The number of fused-ring (bicyclic) bond motifs is 3. The number of carbonyl (C=O) groups excluding carboxylic acids is 1. The maximum absolute atomic E-state index is 12.4. The zero-order valence-electron chi connectivity index (χ0n) is 11.8. The van der Waals surface area contributed by atoms with E-state index >= 15 is 0 Å². The minimum absolute atomic E-state index is 0.0363. The first-order valence-electron chi connectivity index (χ1n) is 7.48. The fourth-order valence-corrected chi connectivity index (χ4v) is 4.10. The fourth-order valence-electron chi connectivity index (χ4n) is 3.64. The number of pyridine rings is 1. The predicted molar refractivity (Wildman–Crippen MR) is 85.5 cm³/mol. The van der Waals surface area contributed by atoms with Gasteiger partial charge in [0.2, 0.25) is 0 Å². The molecular formula is C16H18BrN3O. The van der Waals surface area contributed by atoms with Crippen LogP contribution in [0.4, 0.5) is 0 Å². The summed E-state index contributed by atoms with van der Waals surface area (Å²) in [5.41, 5.74) is 1.80. The standard InChI is InChI=1S/C16H18BrN3O/c17-14-4-6-20-9-12(1-2-15(14)20)16(21)18-13-7-11-3-5-19(8-11)10-13/h1-2,4,6,9,11,13H,3,5,7-8,10H2,(H,18,21)/t11?,13-/m1/s1. The smallest absolute Gasteiger partial charge is 0.253 e. The van der Waals surface area contributed by atoms with Crippen LogP contribution < -0.4 is 5.32 Å². The average molecular weight is 348 g/mol. The van der Waals surface area contributed by atoms with E-state index in [0.717, 1.165) is 34.4 Å². The summed E-state index contributed by atoms with van der Waals surface area (Å²) >= 11 is 3.50. The highest BCUT2D eigenvalue weighted by atomic mass is 79.9. The molecule has 0 aromatic carbocycles. The van der Waals surface area contributed by atoms with Crippen molar-refractivity contribution < 1.29 is 4.79 Å². The Balaban J connectivity index is 1.50. The third-order valence-corrected chi connectivity index (χ3v) is 5.34. The summed E-state index contributed by atoms with van der Waals surface area (Å²) < 4.78 is 3.03. The van der Waals surface area contributed by atoms with Crippen molar-refractivity contribution in [2.45, 2.75) is 18.9 Å². The number of aromatic nitrogens is 1. The number of rotatable bonds is 2. The van der Waals surface area contributed by atoms with E-state index in [-0.39, 0.29) is 5.91 Å². The van der Waals surface area contributed by atoms with Gasteiger partial charge in [-0.3, -0.25) is 4.79 Å². The summed E-state index contributed by atoms with van der Waals surface area (Å²) in [5, 5.41) is 3.20. The molecule has 1 N–H and O–H groups in total. The molecule has 1 amide bonds. The first-order valence-corrected chi connectivity index (χ1v) is 8.28. The second-order valence-corrected chi connectivity index (χ2v) is 7.05. The molecule has 2 aliphatic heterocycles. The van der Waals surface area contributed by atoms with Gasteiger partial charge in [0, 0.05) is 36.0 Å². The Hall–Kier alpha value is -1.33. The Morgan fingerprint density at radius 2 is 2.19 bits per heavy atom. The van der Waals surface area contributed by atoms with Gasteiger partial charge >= 0.3 is 0 Å². The molecule has 2 aromatic heterocycles. The summed E-state index contributed by atoms with van der Waals surface area (Å²) in [6, 6.07) is 6.16. The minimum atomic E-state index is 0.0363. The van der Waals surface area contributed by atoms with Crippen molar-refractivity contribution in [3.8, 4) is 0 Å². The second-order valence-electron chi connectivity index (χ2n) is 6.19. The number of halogens is 1. The summed E-state index contributed by atoms with van der Waals surface area (Å²) in [4.78, 5) is 14.9. The lowest BCUT2D eigenvalue weighted by Crippen LogP contribution is -2.47. The Morgan fingerprint density at radius 3 is 3.05 bits per heavy atom. The van der Waals surface area contributed by atoms with Crippen LogP contribution in [-0.2, 0) is 0 Å². The van der Waals surface area contributed by atoms with Crippen molar-refractivity contribution in [1.82, 2.24) is 14.6 Å². The van der Waals surface area contributed by atoms with Crippen LogP contribution in [0, 0.1) is 5.92 Å². The lowest BCUT2D eigenvalue weighted by molar-refractivity contribution is 0.0909. The monoisotopic (exact) mass is 347 g/mol. The van der Waals surface area contributed by atoms with E-state index in [0.29, 0.717) is 6.04 Å². The highest BCUT2D eigenvalue weighted by molar-refractivity contribution is 9.10. The third kappa shape index (κ3) is 2.49. The van der Waals surface area contributed by atoms with Gasteiger partial charge in [-0.2, -0.15) is 0 Å². The van der Waals surface area contributed by atoms with E-state index < -0.39 is 0 Å². The predicted octanol–water partition coefficient (Wildman–Crippen LogP) is 2.53. The molecular weight excluding hydrogens is 330 g/mol. The van der Waals surface area contributed by atoms with Crippen LogP contribution in [0.15, 0.2) is 35.1 Å². The molecule has 21 heavy (non-hydrogen) atoms.